The van der Waals surface area contributed by atoms with Gasteiger partial charge in [0.15, 0.2) is 5.96 Å². The standard InChI is InChI=1S/C21H30N4O2/c1-15(2)26-18-9-7-17(8-10-18)24-21(22)23-14-19(25-12-4-5-13-25)20-11-6-16(3)27-20/h6-11,15,19H,4-5,12-14H2,1-3H3,(H3,22,23,24). The maximum absolute atomic E-state index is 6.11. The van der Waals surface area contributed by atoms with E-state index in [0.29, 0.717) is 12.5 Å². The van der Waals surface area contributed by atoms with Crippen molar-refractivity contribution in [3.05, 3.63) is 47.9 Å². The van der Waals surface area contributed by atoms with E-state index >= 15 is 0 Å². The summed E-state index contributed by atoms with van der Waals surface area (Å²) in [6, 6.07) is 11.9. The van der Waals surface area contributed by atoms with Gasteiger partial charge in [0, 0.05) is 5.69 Å². The van der Waals surface area contributed by atoms with Gasteiger partial charge < -0.3 is 20.2 Å². The van der Waals surface area contributed by atoms with E-state index in [0.717, 1.165) is 36.0 Å². The molecule has 3 rings (SSSR count). The molecule has 1 atom stereocenters. The molecule has 0 amide bonds. The van der Waals surface area contributed by atoms with Crippen molar-refractivity contribution in [2.24, 2.45) is 10.7 Å². The topological polar surface area (TPSA) is 76.0 Å². The highest BCUT2D eigenvalue weighted by atomic mass is 16.5. The van der Waals surface area contributed by atoms with Crippen molar-refractivity contribution < 1.29 is 9.15 Å². The second-order valence-corrected chi connectivity index (χ2v) is 7.25. The van der Waals surface area contributed by atoms with Crippen LogP contribution in [0.5, 0.6) is 5.75 Å². The van der Waals surface area contributed by atoms with Crippen molar-refractivity contribution in [3.63, 3.8) is 0 Å². The molecule has 1 unspecified atom stereocenters. The molecule has 2 heterocycles. The molecule has 1 aromatic carbocycles. The number of benzene rings is 1. The number of guanidine groups is 1. The number of hydrogen-bond acceptors (Lipinski definition) is 4. The average Bonchev–Trinajstić information content (AvgIpc) is 3.29. The molecule has 6 heteroatoms. The van der Waals surface area contributed by atoms with E-state index in [9.17, 15) is 0 Å². The molecule has 0 spiro atoms. The summed E-state index contributed by atoms with van der Waals surface area (Å²) in [4.78, 5) is 6.99. The summed E-state index contributed by atoms with van der Waals surface area (Å²) < 4.78 is 11.5. The molecule has 1 aliphatic rings. The second-order valence-electron chi connectivity index (χ2n) is 7.25. The van der Waals surface area contributed by atoms with Crippen LogP contribution in [-0.4, -0.2) is 36.6 Å². The largest absolute Gasteiger partial charge is 0.491 e. The lowest BCUT2D eigenvalue weighted by atomic mass is 10.2. The minimum absolute atomic E-state index is 0.128. The van der Waals surface area contributed by atoms with E-state index in [1.165, 1.54) is 12.8 Å². The third-order valence-electron chi connectivity index (χ3n) is 4.60. The van der Waals surface area contributed by atoms with Gasteiger partial charge in [-0.2, -0.15) is 0 Å². The van der Waals surface area contributed by atoms with Gasteiger partial charge in [-0.25, -0.2) is 0 Å². The number of likely N-dealkylation sites (tertiary alicyclic amines) is 1. The number of furan rings is 1. The highest BCUT2D eigenvalue weighted by molar-refractivity contribution is 5.92. The predicted octanol–water partition coefficient (Wildman–Crippen LogP) is 3.94. The second kappa shape index (κ2) is 8.95. The van der Waals surface area contributed by atoms with E-state index in [1.807, 2.05) is 57.2 Å². The molecular formula is C21H30N4O2. The van der Waals surface area contributed by atoms with Crippen molar-refractivity contribution >= 4 is 11.6 Å². The van der Waals surface area contributed by atoms with E-state index in [-0.39, 0.29) is 12.1 Å². The molecule has 0 aliphatic carbocycles. The molecule has 3 N–H and O–H groups in total. The number of nitrogens with zero attached hydrogens (tertiary/aromatic N) is 2. The fourth-order valence-electron chi connectivity index (χ4n) is 3.33. The van der Waals surface area contributed by atoms with Crippen LogP contribution in [0.1, 0.15) is 44.3 Å². The van der Waals surface area contributed by atoms with Crippen LogP contribution in [-0.2, 0) is 0 Å². The molecule has 27 heavy (non-hydrogen) atoms. The first-order valence-electron chi connectivity index (χ1n) is 9.65. The molecule has 146 valence electrons. The SMILES string of the molecule is Cc1ccc(C(CN=C(N)Nc2ccc(OC(C)C)cc2)N2CCCC2)o1. The zero-order valence-corrected chi connectivity index (χ0v) is 16.4. The predicted molar refractivity (Wildman–Crippen MR) is 109 cm³/mol. The molecule has 0 saturated carbocycles. The summed E-state index contributed by atoms with van der Waals surface area (Å²) in [7, 11) is 0. The number of hydrogen-bond donors (Lipinski definition) is 2. The van der Waals surface area contributed by atoms with Gasteiger partial charge in [-0.05, 0) is 83.1 Å². The molecule has 1 aromatic heterocycles. The number of nitrogens with two attached hydrogens (primary N) is 1. The van der Waals surface area contributed by atoms with Gasteiger partial charge in [0.2, 0.25) is 0 Å². The van der Waals surface area contributed by atoms with Gasteiger partial charge in [-0.3, -0.25) is 9.89 Å². The molecule has 1 fully saturated rings. The van der Waals surface area contributed by atoms with E-state index in [2.05, 4.69) is 15.2 Å². The van der Waals surface area contributed by atoms with Gasteiger partial charge in [0.1, 0.15) is 17.3 Å². The monoisotopic (exact) mass is 370 g/mol. The smallest absolute Gasteiger partial charge is 0.193 e. The van der Waals surface area contributed by atoms with Crippen molar-refractivity contribution in [3.8, 4) is 5.75 Å². The van der Waals surface area contributed by atoms with Gasteiger partial charge in [0.25, 0.3) is 0 Å². The van der Waals surface area contributed by atoms with E-state index in [1.54, 1.807) is 0 Å². The summed E-state index contributed by atoms with van der Waals surface area (Å²) in [6.07, 6.45) is 2.60. The summed E-state index contributed by atoms with van der Waals surface area (Å²) in [5.41, 5.74) is 7.00. The fraction of sp³-hybridized carbons (Fsp3) is 0.476. The number of anilines is 1. The number of rotatable bonds is 7. The van der Waals surface area contributed by atoms with Crippen molar-refractivity contribution in [1.82, 2.24) is 4.90 Å². The van der Waals surface area contributed by atoms with Gasteiger partial charge in [-0.15, -0.1) is 0 Å². The molecule has 0 radical (unpaired) electrons. The summed E-state index contributed by atoms with van der Waals surface area (Å²) >= 11 is 0. The molecule has 1 saturated heterocycles. The van der Waals surface area contributed by atoms with Gasteiger partial charge in [0.05, 0.1) is 18.7 Å². The summed E-state index contributed by atoms with van der Waals surface area (Å²) in [6.45, 7) is 8.70. The number of aryl methyl sites for hydroxylation is 1. The number of ether oxygens (including phenoxy) is 1. The molecule has 2 aromatic rings. The first-order valence-corrected chi connectivity index (χ1v) is 9.65. The Hall–Kier alpha value is -2.47. The highest BCUT2D eigenvalue weighted by Crippen LogP contribution is 2.27. The zero-order chi connectivity index (χ0) is 19.2. The Kier molecular flexibility index (Phi) is 6.40. The van der Waals surface area contributed by atoms with E-state index < -0.39 is 0 Å². The lowest BCUT2D eigenvalue weighted by Crippen LogP contribution is -2.30. The number of nitrogens with one attached hydrogen (secondary N) is 1. The highest BCUT2D eigenvalue weighted by Gasteiger charge is 2.25. The van der Waals surface area contributed by atoms with Crippen molar-refractivity contribution in [2.45, 2.75) is 45.8 Å². The fourth-order valence-corrected chi connectivity index (χ4v) is 3.33. The van der Waals surface area contributed by atoms with Crippen LogP contribution in [0.15, 0.2) is 45.8 Å². The average molecular weight is 370 g/mol. The van der Waals surface area contributed by atoms with Crippen LogP contribution < -0.4 is 15.8 Å². The Labute approximate surface area is 161 Å². The molecule has 1 aliphatic heterocycles. The Morgan fingerprint density at radius 1 is 1.19 bits per heavy atom. The quantitative estimate of drug-likeness (QED) is 0.570. The Morgan fingerprint density at radius 2 is 1.89 bits per heavy atom. The Bertz CT molecular complexity index is 746. The number of aliphatic imine (C=N–C) groups is 1. The first-order chi connectivity index (χ1) is 13.0. The maximum Gasteiger partial charge on any atom is 0.193 e. The third kappa shape index (κ3) is 5.50. The zero-order valence-electron chi connectivity index (χ0n) is 16.4. The normalized spacial score (nSPS) is 16.7. The van der Waals surface area contributed by atoms with Gasteiger partial charge in [-0.1, -0.05) is 0 Å². The van der Waals surface area contributed by atoms with Crippen LogP contribution in [0, 0.1) is 6.92 Å². The van der Waals surface area contributed by atoms with Crippen LogP contribution in [0.25, 0.3) is 0 Å². The first kappa shape index (κ1) is 19.3. The lowest BCUT2D eigenvalue weighted by Gasteiger charge is -2.24. The van der Waals surface area contributed by atoms with Crippen LogP contribution in [0.4, 0.5) is 5.69 Å². The van der Waals surface area contributed by atoms with Crippen LogP contribution >= 0.6 is 0 Å². The van der Waals surface area contributed by atoms with Crippen LogP contribution in [0.3, 0.4) is 0 Å². The van der Waals surface area contributed by atoms with Crippen molar-refractivity contribution in [2.75, 3.05) is 25.0 Å². The Morgan fingerprint density at radius 3 is 2.48 bits per heavy atom. The van der Waals surface area contributed by atoms with Crippen molar-refractivity contribution in [1.29, 1.82) is 0 Å². The molecule has 0 bridgehead atoms. The Balaban J connectivity index is 1.63. The van der Waals surface area contributed by atoms with Gasteiger partial charge >= 0.3 is 0 Å². The minimum Gasteiger partial charge on any atom is -0.491 e. The molecular weight excluding hydrogens is 340 g/mol. The maximum atomic E-state index is 6.11. The van der Waals surface area contributed by atoms with Crippen LogP contribution in [0.2, 0.25) is 0 Å². The molecule has 6 nitrogen and oxygen atoms in total. The van der Waals surface area contributed by atoms with E-state index in [4.69, 9.17) is 14.9 Å². The summed E-state index contributed by atoms with van der Waals surface area (Å²) in [5.74, 6) is 3.13. The summed E-state index contributed by atoms with van der Waals surface area (Å²) in [5, 5.41) is 3.15. The minimum atomic E-state index is 0.128. The lowest BCUT2D eigenvalue weighted by molar-refractivity contribution is 0.219. The third-order valence-corrected chi connectivity index (χ3v) is 4.60.